The number of carboxylic acids is 1. The average Bonchev–Trinajstić information content (AvgIpc) is 2.20. The molecule has 0 aromatic heterocycles. The van der Waals surface area contributed by atoms with Gasteiger partial charge in [-0.05, 0) is 12.8 Å². The number of amides is 2. The fourth-order valence-corrected chi connectivity index (χ4v) is 0.841. The molecule has 3 N–H and O–H groups in total. The Morgan fingerprint density at radius 2 is 2.00 bits per heavy atom. The van der Waals surface area contributed by atoms with E-state index in [0.717, 1.165) is 19.4 Å². The van der Waals surface area contributed by atoms with Gasteiger partial charge in [-0.2, -0.15) is 0 Å². The van der Waals surface area contributed by atoms with Crippen molar-refractivity contribution < 1.29 is 19.4 Å². The quantitative estimate of drug-likeness (QED) is 0.507. The topological polar surface area (TPSA) is 87.7 Å². The molecule has 0 saturated carbocycles. The van der Waals surface area contributed by atoms with E-state index in [4.69, 9.17) is 9.84 Å². The lowest BCUT2D eigenvalue weighted by Crippen LogP contribution is -2.39. The molecule has 0 bridgehead atoms. The van der Waals surface area contributed by atoms with E-state index < -0.39 is 12.0 Å². The number of hydrogen-bond donors (Lipinski definition) is 3. The number of rotatable bonds is 8. The van der Waals surface area contributed by atoms with E-state index in [-0.39, 0.29) is 6.54 Å². The first kappa shape index (κ1) is 13.7. The number of carbonyl (C=O) groups is 2. The van der Waals surface area contributed by atoms with Crippen LogP contribution < -0.4 is 10.6 Å². The maximum Gasteiger partial charge on any atom is 0.323 e. The molecule has 2 amide bonds. The first-order valence-corrected chi connectivity index (χ1v) is 4.98. The molecule has 15 heavy (non-hydrogen) atoms. The van der Waals surface area contributed by atoms with Crippen LogP contribution in [0.1, 0.15) is 19.8 Å². The molecule has 6 heteroatoms. The average molecular weight is 218 g/mol. The van der Waals surface area contributed by atoms with Crippen LogP contribution in [0.25, 0.3) is 0 Å². The molecule has 0 aromatic rings. The van der Waals surface area contributed by atoms with Crippen molar-refractivity contribution in [2.75, 3.05) is 26.3 Å². The molecule has 6 nitrogen and oxygen atoms in total. The number of carbonyl (C=O) groups excluding carboxylic acids is 1. The second kappa shape index (κ2) is 9.26. The summed E-state index contributed by atoms with van der Waals surface area (Å²) in [6, 6.07) is -0.465. The third-order valence-electron chi connectivity index (χ3n) is 1.50. The van der Waals surface area contributed by atoms with Crippen molar-refractivity contribution in [3.63, 3.8) is 0 Å². The van der Waals surface area contributed by atoms with Crippen molar-refractivity contribution in [3.05, 3.63) is 0 Å². The Morgan fingerprint density at radius 3 is 2.60 bits per heavy atom. The molecule has 0 rings (SSSR count). The van der Waals surface area contributed by atoms with Gasteiger partial charge in [0, 0.05) is 19.8 Å². The molecule has 0 aliphatic heterocycles. The molecule has 0 unspecified atom stereocenters. The Kier molecular flexibility index (Phi) is 8.46. The van der Waals surface area contributed by atoms with Crippen molar-refractivity contribution in [2.24, 2.45) is 0 Å². The Balaban J connectivity index is 3.20. The lowest BCUT2D eigenvalue weighted by Gasteiger charge is -2.05. The highest BCUT2D eigenvalue weighted by atomic mass is 16.5. The lowest BCUT2D eigenvalue weighted by atomic mass is 10.4. The summed E-state index contributed by atoms with van der Waals surface area (Å²) in [6.07, 6.45) is 1.70. The maximum atomic E-state index is 10.9. The van der Waals surface area contributed by atoms with Crippen LogP contribution in [-0.4, -0.2) is 43.4 Å². The second-order valence-corrected chi connectivity index (χ2v) is 2.97. The van der Waals surface area contributed by atoms with Crippen molar-refractivity contribution in [1.82, 2.24) is 10.6 Å². The van der Waals surface area contributed by atoms with Crippen LogP contribution in [0, 0.1) is 0 Å². The molecule has 0 atom stereocenters. The Morgan fingerprint density at radius 1 is 1.27 bits per heavy atom. The fourth-order valence-electron chi connectivity index (χ4n) is 0.841. The van der Waals surface area contributed by atoms with E-state index in [1.807, 2.05) is 6.92 Å². The highest BCUT2D eigenvalue weighted by Crippen LogP contribution is 1.83. The van der Waals surface area contributed by atoms with Gasteiger partial charge in [-0.15, -0.1) is 0 Å². The standard InChI is InChI=1S/C9H18N2O4/c1-2-5-15-6-3-4-10-9(14)11-7-8(12)13/h2-7H2,1H3,(H,12,13)(H2,10,11,14). The van der Waals surface area contributed by atoms with Crippen molar-refractivity contribution in [3.8, 4) is 0 Å². The number of aliphatic carboxylic acids is 1. The summed E-state index contributed by atoms with van der Waals surface area (Å²) in [5.41, 5.74) is 0. The van der Waals surface area contributed by atoms with Crippen LogP contribution in [0.5, 0.6) is 0 Å². The van der Waals surface area contributed by atoms with E-state index in [2.05, 4.69) is 10.6 Å². The summed E-state index contributed by atoms with van der Waals surface area (Å²) in [5, 5.41) is 13.0. The zero-order valence-electron chi connectivity index (χ0n) is 8.91. The zero-order chi connectivity index (χ0) is 11.5. The minimum Gasteiger partial charge on any atom is -0.480 e. The van der Waals surface area contributed by atoms with Crippen LogP contribution in [0.4, 0.5) is 4.79 Å². The van der Waals surface area contributed by atoms with Gasteiger partial charge in [0.25, 0.3) is 0 Å². The maximum absolute atomic E-state index is 10.9. The molecular formula is C9H18N2O4. The highest BCUT2D eigenvalue weighted by molar-refractivity contribution is 5.79. The van der Waals surface area contributed by atoms with Crippen LogP contribution in [0.15, 0.2) is 0 Å². The minimum atomic E-state index is -1.06. The summed E-state index contributed by atoms with van der Waals surface area (Å²) >= 11 is 0. The Hall–Kier alpha value is -1.30. The predicted octanol–water partition coefficient (Wildman–Crippen LogP) is 0.187. The summed E-state index contributed by atoms with van der Waals surface area (Å²) in [7, 11) is 0. The predicted molar refractivity (Wildman–Crippen MR) is 54.8 cm³/mol. The number of ether oxygens (including phenoxy) is 1. The molecule has 0 saturated heterocycles. The zero-order valence-corrected chi connectivity index (χ0v) is 8.91. The van der Waals surface area contributed by atoms with E-state index >= 15 is 0 Å². The third kappa shape index (κ3) is 10.6. The summed E-state index contributed by atoms with van der Waals surface area (Å²) in [6.45, 7) is 3.48. The van der Waals surface area contributed by atoms with Crippen LogP contribution in [0.2, 0.25) is 0 Å². The van der Waals surface area contributed by atoms with Gasteiger partial charge in [-0.25, -0.2) is 4.79 Å². The van der Waals surface area contributed by atoms with Gasteiger partial charge in [-0.1, -0.05) is 6.92 Å². The van der Waals surface area contributed by atoms with E-state index in [1.54, 1.807) is 0 Å². The highest BCUT2D eigenvalue weighted by Gasteiger charge is 2.01. The van der Waals surface area contributed by atoms with Crippen molar-refractivity contribution in [1.29, 1.82) is 0 Å². The van der Waals surface area contributed by atoms with Crippen LogP contribution in [0.3, 0.4) is 0 Å². The molecule has 0 aliphatic carbocycles. The smallest absolute Gasteiger partial charge is 0.323 e. The largest absolute Gasteiger partial charge is 0.480 e. The van der Waals surface area contributed by atoms with Gasteiger partial charge < -0.3 is 20.5 Å². The summed E-state index contributed by atoms with van der Waals surface area (Å²) in [4.78, 5) is 21.0. The Bertz CT molecular complexity index is 197. The van der Waals surface area contributed by atoms with Gasteiger partial charge in [0.15, 0.2) is 0 Å². The van der Waals surface area contributed by atoms with Crippen LogP contribution in [-0.2, 0) is 9.53 Å². The van der Waals surface area contributed by atoms with Crippen molar-refractivity contribution in [2.45, 2.75) is 19.8 Å². The first-order chi connectivity index (χ1) is 7.16. The first-order valence-electron chi connectivity index (χ1n) is 4.98. The molecule has 0 fully saturated rings. The van der Waals surface area contributed by atoms with E-state index in [0.29, 0.717) is 13.2 Å². The van der Waals surface area contributed by atoms with Gasteiger partial charge in [-0.3, -0.25) is 4.79 Å². The lowest BCUT2D eigenvalue weighted by molar-refractivity contribution is -0.135. The minimum absolute atomic E-state index is 0.363. The fraction of sp³-hybridized carbons (Fsp3) is 0.778. The van der Waals surface area contributed by atoms with E-state index in [9.17, 15) is 9.59 Å². The molecule has 0 radical (unpaired) electrons. The third-order valence-corrected chi connectivity index (χ3v) is 1.50. The summed E-state index contributed by atoms with van der Waals surface area (Å²) < 4.78 is 5.20. The molecule has 0 spiro atoms. The molecule has 0 aromatic carbocycles. The molecule has 0 aliphatic rings. The van der Waals surface area contributed by atoms with Gasteiger partial charge in [0.05, 0.1) is 0 Å². The Labute approximate surface area is 89.0 Å². The normalized spacial score (nSPS) is 9.67. The van der Waals surface area contributed by atoms with Gasteiger partial charge in [0.1, 0.15) is 6.54 Å². The van der Waals surface area contributed by atoms with Crippen LogP contribution >= 0.6 is 0 Å². The number of urea groups is 1. The van der Waals surface area contributed by atoms with Crippen molar-refractivity contribution >= 4 is 12.0 Å². The molecule has 88 valence electrons. The number of carboxylic acid groups (broad SMARTS) is 1. The SMILES string of the molecule is CCCOCCCNC(=O)NCC(=O)O. The monoisotopic (exact) mass is 218 g/mol. The molecular weight excluding hydrogens is 200 g/mol. The number of nitrogens with one attached hydrogen (secondary N) is 2. The van der Waals surface area contributed by atoms with Gasteiger partial charge in [0.2, 0.25) is 0 Å². The second-order valence-electron chi connectivity index (χ2n) is 2.97. The molecule has 0 heterocycles. The number of hydrogen-bond acceptors (Lipinski definition) is 3. The summed E-state index contributed by atoms with van der Waals surface area (Å²) in [5.74, 6) is -1.06. The van der Waals surface area contributed by atoms with Gasteiger partial charge >= 0.3 is 12.0 Å². The van der Waals surface area contributed by atoms with E-state index in [1.165, 1.54) is 0 Å².